The summed E-state index contributed by atoms with van der Waals surface area (Å²) in [6, 6.07) is 3.59. The number of nitrogens with one attached hydrogen (secondary N) is 1. The van der Waals surface area contributed by atoms with E-state index in [0.29, 0.717) is 6.54 Å². The van der Waals surface area contributed by atoms with Gasteiger partial charge in [0.2, 0.25) is 5.91 Å². The summed E-state index contributed by atoms with van der Waals surface area (Å²) in [7, 11) is 0. The van der Waals surface area contributed by atoms with E-state index < -0.39 is 0 Å². The monoisotopic (exact) mass is 185 g/mol. The summed E-state index contributed by atoms with van der Waals surface area (Å²) in [5.74, 6) is 0.659. The van der Waals surface area contributed by atoms with Crippen molar-refractivity contribution in [1.82, 2.24) is 5.32 Å². The Morgan fingerprint density at radius 3 is 3.08 bits per heavy atom. The minimum atomic E-state index is -0.278. The second-order valence-corrected chi connectivity index (χ2v) is 3.25. The summed E-state index contributed by atoms with van der Waals surface area (Å²) >= 11 is 3.98. The molecule has 1 atom stereocenters. The van der Waals surface area contributed by atoms with Crippen LogP contribution in [0.1, 0.15) is 12.7 Å². The predicted molar refractivity (Wildman–Crippen MR) is 49.0 cm³/mol. The van der Waals surface area contributed by atoms with Gasteiger partial charge in [0.1, 0.15) is 5.76 Å². The van der Waals surface area contributed by atoms with Gasteiger partial charge in [-0.15, -0.1) is 0 Å². The summed E-state index contributed by atoms with van der Waals surface area (Å²) in [5.41, 5.74) is 0. The van der Waals surface area contributed by atoms with Gasteiger partial charge in [-0.1, -0.05) is 0 Å². The lowest BCUT2D eigenvalue weighted by Gasteiger charge is -2.04. The van der Waals surface area contributed by atoms with Crippen molar-refractivity contribution in [2.45, 2.75) is 18.7 Å². The van der Waals surface area contributed by atoms with Crippen LogP contribution in [0.5, 0.6) is 0 Å². The number of hydrogen-bond acceptors (Lipinski definition) is 3. The van der Waals surface area contributed by atoms with Crippen LogP contribution in [0.4, 0.5) is 0 Å². The summed E-state index contributed by atoms with van der Waals surface area (Å²) in [5, 5.41) is 2.40. The van der Waals surface area contributed by atoms with Crippen LogP contribution in [-0.2, 0) is 11.3 Å². The van der Waals surface area contributed by atoms with Crippen LogP contribution >= 0.6 is 12.6 Å². The maximum Gasteiger partial charge on any atom is 0.232 e. The van der Waals surface area contributed by atoms with Gasteiger partial charge in [0, 0.05) is 0 Å². The Hall–Kier alpha value is -0.900. The number of hydrogen-bond donors (Lipinski definition) is 2. The Kier molecular flexibility index (Phi) is 3.22. The quantitative estimate of drug-likeness (QED) is 0.695. The van der Waals surface area contributed by atoms with Crippen LogP contribution in [0.15, 0.2) is 22.8 Å². The van der Waals surface area contributed by atoms with Crippen molar-refractivity contribution in [1.29, 1.82) is 0 Å². The van der Waals surface area contributed by atoms with Gasteiger partial charge in [-0.25, -0.2) is 0 Å². The van der Waals surface area contributed by atoms with Crippen LogP contribution in [0.25, 0.3) is 0 Å². The highest BCUT2D eigenvalue weighted by molar-refractivity contribution is 7.81. The molecule has 0 radical (unpaired) electrons. The molecule has 4 heteroatoms. The average Bonchev–Trinajstić information content (AvgIpc) is 2.51. The van der Waals surface area contributed by atoms with Crippen molar-refractivity contribution in [2.75, 3.05) is 0 Å². The first-order valence-electron chi connectivity index (χ1n) is 3.68. The van der Waals surface area contributed by atoms with Gasteiger partial charge < -0.3 is 9.73 Å². The molecule has 0 saturated heterocycles. The van der Waals surface area contributed by atoms with E-state index in [4.69, 9.17) is 4.42 Å². The standard InChI is InChI=1S/C8H11NO2S/c1-6(12)8(10)9-5-7-3-2-4-11-7/h2-4,6,12H,5H2,1H3,(H,9,10). The van der Waals surface area contributed by atoms with Crippen molar-refractivity contribution >= 4 is 18.5 Å². The Balaban J connectivity index is 2.32. The summed E-state index contributed by atoms with van der Waals surface area (Å²) < 4.78 is 5.02. The van der Waals surface area contributed by atoms with Crippen molar-refractivity contribution in [3.05, 3.63) is 24.2 Å². The molecule has 1 aromatic rings. The van der Waals surface area contributed by atoms with Crippen molar-refractivity contribution in [3.63, 3.8) is 0 Å². The van der Waals surface area contributed by atoms with Crippen LogP contribution in [0.2, 0.25) is 0 Å². The molecule has 12 heavy (non-hydrogen) atoms. The number of thiol groups is 1. The molecule has 1 unspecified atom stereocenters. The SMILES string of the molecule is CC(S)C(=O)NCc1ccco1. The second kappa shape index (κ2) is 4.21. The van der Waals surface area contributed by atoms with E-state index in [-0.39, 0.29) is 11.2 Å². The third-order valence-corrected chi connectivity index (χ3v) is 1.63. The van der Waals surface area contributed by atoms with Gasteiger partial charge in [-0.05, 0) is 19.1 Å². The van der Waals surface area contributed by atoms with E-state index in [0.717, 1.165) is 5.76 Å². The largest absolute Gasteiger partial charge is 0.467 e. The van der Waals surface area contributed by atoms with Crippen LogP contribution in [-0.4, -0.2) is 11.2 Å². The minimum absolute atomic E-state index is 0.0882. The topological polar surface area (TPSA) is 42.2 Å². The zero-order chi connectivity index (χ0) is 8.97. The highest BCUT2D eigenvalue weighted by Gasteiger charge is 2.06. The molecular weight excluding hydrogens is 174 g/mol. The molecule has 0 aliphatic carbocycles. The van der Waals surface area contributed by atoms with E-state index >= 15 is 0 Å². The summed E-state index contributed by atoms with van der Waals surface area (Å²) in [6.45, 7) is 2.15. The van der Waals surface area contributed by atoms with Gasteiger partial charge in [0.25, 0.3) is 0 Å². The molecule has 3 nitrogen and oxygen atoms in total. The Labute approximate surface area is 76.6 Å². The molecule has 1 amide bonds. The normalized spacial score (nSPS) is 12.5. The first-order chi connectivity index (χ1) is 5.70. The third-order valence-electron chi connectivity index (χ3n) is 1.40. The van der Waals surface area contributed by atoms with E-state index in [9.17, 15) is 4.79 Å². The first-order valence-corrected chi connectivity index (χ1v) is 4.20. The lowest BCUT2D eigenvalue weighted by molar-refractivity contribution is -0.120. The number of amides is 1. The van der Waals surface area contributed by atoms with Crippen molar-refractivity contribution in [3.8, 4) is 0 Å². The Morgan fingerprint density at radius 2 is 2.58 bits per heavy atom. The molecule has 0 saturated carbocycles. The predicted octanol–water partition coefficient (Wildman–Crippen LogP) is 1.21. The van der Waals surface area contributed by atoms with Crippen molar-refractivity contribution in [2.24, 2.45) is 0 Å². The molecule has 1 heterocycles. The highest BCUT2D eigenvalue weighted by Crippen LogP contribution is 1.99. The smallest absolute Gasteiger partial charge is 0.232 e. The lowest BCUT2D eigenvalue weighted by Crippen LogP contribution is -2.28. The van der Waals surface area contributed by atoms with E-state index in [2.05, 4.69) is 17.9 Å². The van der Waals surface area contributed by atoms with E-state index in [1.54, 1.807) is 19.3 Å². The van der Waals surface area contributed by atoms with Gasteiger partial charge >= 0.3 is 0 Å². The van der Waals surface area contributed by atoms with Crippen LogP contribution in [0, 0.1) is 0 Å². The zero-order valence-corrected chi connectivity index (χ0v) is 7.67. The number of carbonyl (C=O) groups is 1. The fourth-order valence-electron chi connectivity index (χ4n) is 0.735. The molecule has 0 bridgehead atoms. The van der Waals surface area contributed by atoms with Gasteiger partial charge in [0.15, 0.2) is 0 Å². The van der Waals surface area contributed by atoms with Crippen LogP contribution < -0.4 is 5.32 Å². The molecular formula is C8H11NO2S. The zero-order valence-electron chi connectivity index (χ0n) is 6.78. The molecule has 1 rings (SSSR count). The van der Waals surface area contributed by atoms with Crippen molar-refractivity contribution < 1.29 is 9.21 Å². The second-order valence-electron chi connectivity index (χ2n) is 2.47. The molecule has 66 valence electrons. The molecule has 1 aromatic heterocycles. The molecule has 0 aliphatic rings. The maximum atomic E-state index is 11.0. The summed E-state index contributed by atoms with van der Waals surface area (Å²) in [6.07, 6.45) is 1.58. The van der Waals surface area contributed by atoms with Crippen LogP contribution in [0.3, 0.4) is 0 Å². The average molecular weight is 185 g/mol. The molecule has 0 fully saturated rings. The molecule has 0 spiro atoms. The number of carbonyl (C=O) groups excluding carboxylic acids is 1. The molecule has 0 aliphatic heterocycles. The van der Waals surface area contributed by atoms with Gasteiger partial charge in [-0.2, -0.15) is 12.6 Å². The Bertz CT molecular complexity index is 244. The summed E-state index contributed by atoms with van der Waals surface area (Å²) in [4.78, 5) is 11.0. The van der Waals surface area contributed by atoms with E-state index in [1.807, 2.05) is 6.07 Å². The first kappa shape index (κ1) is 9.19. The molecule has 1 N–H and O–H groups in total. The third kappa shape index (κ3) is 2.62. The minimum Gasteiger partial charge on any atom is -0.467 e. The fourth-order valence-corrected chi connectivity index (χ4v) is 0.826. The Morgan fingerprint density at radius 1 is 1.83 bits per heavy atom. The van der Waals surface area contributed by atoms with Gasteiger partial charge in [0.05, 0.1) is 18.1 Å². The molecule has 0 aromatic carbocycles. The lowest BCUT2D eigenvalue weighted by atomic mass is 10.4. The maximum absolute atomic E-state index is 11.0. The fraction of sp³-hybridized carbons (Fsp3) is 0.375. The van der Waals surface area contributed by atoms with Gasteiger partial charge in [-0.3, -0.25) is 4.79 Å². The van der Waals surface area contributed by atoms with E-state index in [1.165, 1.54) is 0 Å². The number of rotatable bonds is 3. The highest BCUT2D eigenvalue weighted by atomic mass is 32.1. The number of furan rings is 1.